The van der Waals surface area contributed by atoms with Crippen molar-refractivity contribution in [1.82, 2.24) is 9.97 Å². The summed E-state index contributed by atoms with van der Waals surface area (Å²) in [4.78, 5) is 38.4. The van der Waals surface area contributed by atoms with E-state index < -0.39 is 17.2 Å². The lowest BCUT2D eigenvalue weighted by Gasteiger charge is -2.06. The third kappa shape index (κ3) is 3.12. The van der Waals surface area contributed by atoms with Crippen LogP contribution < -0.4 is 16.6 Å². The van der Waals surface area contributed by atoms with E-state index in [0.717, 1.165) is 10.7 Å². The van der Waals surface area contributed by atoms with Gasteiger partial charge in [-0.25, -0.2) is 4.79 Å². The van der Waals surface area contributed by atoms with Crippen molar-refractivity contribution >= 4 is 39.1 Å². The minimum absolute atomic E-state index is 0.212. The first kappa shape index (κ1) is 13.6. The van der Waals surface area contributed by atoms with E-state index in [1.165, 1.54) is 0 Å². The number of benzene rings is 1. The molecule has 0 radical (unpaired) electrons. The van der Waals surface area contributed by atoms with E-state index in [4.69, 9.17) is 11.6 Å². The van der Waals surface area contributed by atoms with Gasteiger partial charge in [-0.2, -0.15) is 0 Å². The molecule has 0 saturated carbocycles. The zero-order valence-electron chi connectivity index (χ0n) is 9.29. The van der Waals surface area contributed by atoms with Gasteiger partial charge in [0.15, 0.2) is 0 Å². The van der Waals surface area contributed by atoms with Crippen LogP contribution in [0.2, 0.25) is 5.02 Å². The molecule has 98 valence electrons. The molecule has 1 aromatic heterocycles. The summed E-state index contributed by atoms with van der Waals surface area (Å²) in [6.45, 7) is 0. The number of H-pyrrole nitrogens is 2. The SMILES string of the molecule is O=C(Nc1cc(Br)ccc1Cl)c1c[nH]c(=O)[nH]c1=O. The quantitative estimate of drug-likeness (QED) is 0.774. The van der Waals surface area contributed by atoms with Crippen LogP contribution in [0.5, 0.6) is 0 Å². The predicted octanol–water partition coefficient (Wildman–Crippen LogP) is 1.73. The highest BCUT2D eigenvalue weighted by Gasteiger charge is 2.12. The first-order valence-electron chi connectivity index (χ1n) is 5.06. The molecule has 0 aliphatic carbocycles. The van der Waals surface area contributed by atoms with Gasteiger partial charge in [-0.1, -0.05) is 27.5 Å². The number of nitrogens with one attached hydrogen (secondary N) is 3. The second-order valence-electron chi connectivity index (χ2n) is 3.56. The fourth-order valence-corrected chi connectivity index (χ4v) is 1.89. The van der Waals surface area contributed by atoms with E-state index in [1.807, 2.05) is 4.98 Å². The van der Waals surface area contributed by atoms with Gasteiger partial charge < -0.3 is 10.3 Å². The van der Waals surface area contributed by atoms with Crippen molar-refractivity contribution in [3.05, 3.63) is 60.3 Å². The van der Waals surface area contributed by atoms with Gasteiger partial charge in [0.05, 0.1) is 10.7 Å². The van der Waals surface area contributed by atoms with Gasteiger partial charge in [0.2, 0.25) is 0 Å². The number of anilines is 1. The van der Waals surface area contributed by atoms with E-state index in [0.29, 0.717) is 10.7 Å². The topological polar surface area (TPSA) is 94.8 Å². The van der Waals surface area contributed by atoms with Gasteiger partial charge in [0.1, 0.15) is 5.56 Å². The van der Waals surface area contributed by atoms with E-state index in [-0.39, 0.29) is 5.56 Å². The van der Waals surface area contributed by atoms with Gasteiger partial charge in [-0.05, 0) is 18.2 Å². The van der Waals surface area contributed by atoms with Crippen molar-refractivity contribution in [2.24, 2.45) is 0 Å². The van der Waals surface area contributed by atoms with Gasteiger partial charge in [0.25, 0.3) is 11.5 Å². The highest BCUT2D eigenvalue weighted by Crippen LogP contribution is 2.25. The molecular weight excluding hydrogens is 337 g/mol. The Morgan fingerprint density at radius 3 is 2.74 bits per heavy atom. The van der Waals surface area contributed by atoms with Crippen molar-refractivity contribution in [2.75, 3.05) is 5.32 Å². The van der Waals surface area contributed by atoms with Gasteiger partial charge in [-0.15, -0.1) is 0 Å². The summed E-state index contributed by atoms with van der Waals surface area (Å²) < 4.78 is 0.725. The summed E-state index contributed by atoms with van der Waals surface area (Å²) in [5.74, 6) is -0.669. The molecule has 6 nitrogen and oxygen atoms in total. The molecule has 1 amide bonds. The van der Waals surface area contributed by atoms with Crippen LogP contribution in [-0.2, 0) is 0 Å². The monoisotopic (exact) mass is 343 g/mol. The van der Waals surface area contributed by atoms with Crippen LogP contribution in [0.25, 0.3) is 0 Å². The Kier molecular flexibility index (Phi) is 3.87. The molecule has 0 saturated heterocycles. The fraction of sp³-hybridized carbons (Fsp3) is 0. The maximum absolute atomic E-state index is 11.9. The summed E-state index contributed by atoms with van der Waals surface area (Å²) in [5.41, 5.74) is -1.31. The number of aromatic amines is 2. The molecule has 2 rings (SSSR count). The Bertz CT molecular complexity index is 753. The predicted molar refractivity (Wildman–Crippen MR) is 74.8 cm³/mol. The Morgan fingerprint density at radius 2 is 2.05 bits per heavy atom. The standard InChI is InChI=1S/C11H7BrClN3O3/c12-5-1-2-7(13)8(3-5)15-9(17)6-4-14-11(19)16-10(6)18/h1-4H,(H,15,17)(H2,14,16,18,19). The van der Waals surface area contributed by atoms with E-state index in [9.17, 15) is 14.4 Å². The number of carbonyl (C=O) groups excluding carboxylic acids is 1. The minimum Gasteiger partial charge on any atom is -0.320 e. The lowest BCUT2D eigenvalue weighted by atomic mass is 10.2. The average molecular weight is 345 g/mol. The number of halogens is 2. The van der Waals surface area contributed by atoms with Crippen molar-refractivity contribution in [3.63, 3.8) is 0 Å². The number of rotatable bonds is 2. The van der Waals surface area contributed by atoms with Crippen molar-refractivity contribution in [1.29, 1.82) is 0 Å². The second-order valence-corrected chi connectivity index (χ2v) is 4.89. The van der Waals surface area contributed by atoms with E-state index in [2.05, 4.69) is 26.2 Å². The maximum atomic E-state index is 11.9. The molecule has 0 unspecified atom stereocenters. The molecule has 0 aliphatic rings. The molecule has 0 atom stereocenters. The maximum Gasteiger partial charge on any atom is 0.325 e. The highest BCUT2D eigenvalue weighted by molar-refractivity contribution is 9.10. The van der Waals surface area contributed by atoms with Crippen LogP contribution in [0.1, 0.15) is 10.4 Å². The lowest BCUT2D eigenvalue weighted by Crippen LogP contribution is -2.29. The first-order chi connectivity index (χ1) is 8.97. The molecule has 0 bridgehead atoms. The first-order valence-corrected chi connectivity index (χ1v) is 6.23. The van der Waals surface area contributed by atoms with Gasteiger partial charge in [0, 0.05) is 10.7 Å². The highest BCUT2D eigenvalue weighted by atomic mass is 79.9. The summed E-state index contributed by atoms with van der Waals surface area (Å²) in [6.07, 6.45) is 1.04. The van der Waals surface area contributed by atoms with Crippen LogP contribution in [-0.4, -0.2) is 15.9 Å². The Hall–Kier alpha value is -1.86. The van der Waals surface area contributed by atoms with Gasteiger partial charge >= 0.3 is 5.69 Å². The van der Waals surface area contributed by atoms with Crippen molar-refractivity contribution < 1.29 is 4.79 Å². The second kappa shape index (κ2) is 5.41. The van der Waals surface area contributed by atoms with E-state index >= 15 is 0 Å². The number of hydrogen-bond acceptors (Lipinski definition) is 3. The fourth-order valence-electron chi connectivity index (χ4n) is 1.36. The molecule has 0 fully saturated rings. The minimum atomic E-state index is -0.771. The van der Waals surface area contributed by atoms with Crippen LogP contribution in [0, 0.1) is 0 Å². The zero-order valence-corrected chi connectivity index (χ0v) is 11.6. The van der Waals surface area contributed by atoms with Crippen LogP contribution in [0.3, 0.4) is 0 Å². The average Bonchev–Trinajstić information content (AvgIpc) is 2.33. The van der Waals surface area contributed by atoms with Gasteiger partial charge in [-0.3, -0.25) is 14.6 Å². The van der Waals surface area contributed by atoms with Crippen LogP contribution >= 0.6 is 27.5 Å². The van der Waals surface area contributed by atoms with E-state index in [1.54, 1.807) is 18.2 Å². The largest absolute Gasteiger partial charge is 0.325 e. The normalized spacial score (nSPS) is 10.2. The molecular formula is C11H7BrClN3O3. The summed E-state index contributed by atoms with van der Waals surface area (Å²) in [7, 11) is 0. The molecule has 19 heavy (non-hydrogen) atoms. The number of carbonyl (C=O) groups is 1. The van der Waals surface area contributed by atoms with Crippen molar-refractivity contribution in [3.8, 4) is 0 Å². The lowest BCUT2D eigenvalue weighted by molar-refractivity contribution is 0.102. The third-order valence-corrected chi connectivity index (χ3v) is 3.06. The molecule has 1 heterocycles. The number of hydrogen-bond donors (Lipinski definition) is 3. The third-order valence-electron chi connectivity index (χ3n) is 2.24. The summed E-state index contributed by atoms with van der Waals surface area (Å²) in [6, 6.07) is 4.91. The van der Waals surface area contributed by atoms with Crippen LogP contribution in [0.4, 0.5) is 5.69 Å². The molecule has 8 heteroatoms. The van der Waals surface area contributed by atoms with Crippen molar-refractivity contribution in [2.45, 2.75) is 0 Å². The zero-order chi connectivity index (χ0) is 14.0. The Labute approximate surface area is 119 Å². The Balaban J connectivity index is 2.33. The molecule has 0 spiro atoms. The summed E-state index contributed by atoms with van der Waals surface area (Å²) >= 11 is 9.15. The summed E-state index contributed by atoms with van der Waals surface area (Å²) in [5, 5.41) is 2.82. The molecule has 3 N–H and O–H groups in total. The number of amides is 1. The number of aromatic nitrogens is 2. The molecule has 0 aliphatic heterocycles. The Morgan fingerprint density at radius 1 is 1.32 bits per heavy atom. The van der Waals surface area contributed by atoms with Crippen LogP contribution in [0.15, 0.2) is 38.5 Å². The smallest absolute Gasteiger partial charge is 0.320 e. The molecule has 2 aromatic rings. The molecule has 1 aromatic carbocycles.